The van der Waals surface area contributed by atoms with Crippen molar-refractivity contribution >= 4 is 35.4 Å². The largest absolute Gasteiger partial charge is 0.466 e. The summed E-state index contributed by atoms with van der Waals surface area (Å²) in [5.41, 5.74) is 15.0. The van der Waals surface area contributed by atoms with Crippen molar-refractivity contribution in [1.82, 2.24) is 0 Å². The number of carbonyl (C=O) groups is 6. The van der Waals surface area contributed by atoms with Gasteiger partial charge in [0.05, 0.1) is 31.5 Å². The lowest BCUT2D eigenvalue weighted by Crippen LogP contribution is -2.40. The van der Waals surface area contributed by atoms with Crippen LogP contribution in [0.1, 0.15) is 409 Å². The summed E-state index contributed by atoms with van der Waals surface area (Å²) >= 11 is 0. The summed E-state index contributed by atoms with van der Waals surface area (Å²) in [5.74, 6) is 3.05. The van der Waals surface area contributed by atoms with Crippen LogP contribution in [0.3, 0.4) is 0 Å². The topological polar surface area (TPSA) is 158 Å². The Morgan fingerprint density at radius 1 is 0.555 bits per heavy atom. The Morgan fingerprint density at radius 2 is 1.07 bits per heavy atom. The first kappa shape index (κ1) is 95.6. The van der Waals surface area contributed by atoms with Crippen LogP contribution in [0.4, 0.5) is 0 Å². The van der Waals surface area contributed by atoms with Gasteiger partial charge >= 0.3 is 23.9 Å². The predicted octanol–water partition coefficient (Wildman–Crippen LogP) is 25.3. The monoisotopic (exact) mass is 1530 g/mol. The van der Waals surface area contributed by atoms with E-state index in [9.17, 15) is 28.8 Å². The Hall–Kier alpha value is -4.94. The Balaban J connectivity index is 0.000000237. The lowest BCUT2D eigenvalue weighted by molar-refractivity contribution is -0.164. The van der Waals surface area contributed by atoms with Crippen molar-refractivity contribution in [3.05, 3.63) is 92.1 Å². The second-order valence-corrected chi connectivity index (χ2v) is 40.5. The molecule has 2 aromatic carbocycles. The average Bonchev–Trinajstić information content (AvgIpc) is 1.58. The number of rotatable bonds is 12. The van der Waals surface area contributed by atoms with E-state index >= 15 is 0 Å². The van der Waals surface area contributed by atoms with Gasteiger partial charge in [-0.15, -0.1) is 0 Å². The van der Waals surface area contributed by atoms with Gasteiger partial charge in [-0.25, -0.2) is 4.79 Å². The van der Waals surface area contributed by atoms with Gasteiger partial charge in [-0.05, 0) is 256 Å². The summed E-state index contributed by atoms with van der Waals surface area (Å²) < 4.78 is 32.5. The van der Waals surface area contributed by atoms with Gasteiger partial charge < -0.3 is 28.4 Å². The van der Waals surface area contributed by atoms with E-state index in [0.717, 1.165) is 69.3 Å². The molecule has 0 radical (unpaired) electrons. The van der Waals surface area contributed by atoms with Gasteiger partial charge in [0.25, 0.3) is 0 Å². The van der Waals surface area contributed by atoms with Crippen LogP contribution in [0.2, 0.25) is 0 Å². The normalized spacial score (nSPS) is 26.3. The molecule has 0 amide bonds. The number of allylic oxidation sites excluding steroid dienone is 4. The summed E-state index contributed by atoms with van der Waals surface area (Å²) in [6, 6.07) is 9.33. The molecule has 0 spiro atoms. The van der Waals surface area contributed by atoms with Crippen LogP contribution in [0, 0.1) is 58.2 Å². The Labute approximate surface area is 671 Å². The van der Waals surface area contributed by atoms with E-state index in [1.165, 1.54) is 136 Å². The van der Waals surface area contributed by atoms with Crippen molar-refractivity contribution in [3.8, 4) is 0 Å². The number of cyclic esters (lactones) is 1. The molecule has 2 heterocycles. The number of Topliss-reactive ketones (excluding diaryl/α,β-unsaturated/α-hetero) is 2. The van der Waals surface area contributed by atoms with Gasteiger partial charge in [0, 0.05) is 42.7 Å². The summed E-state index contributed by atoms with van der Waals surface area (Å²) in [6.07, 6.45) is 33.1. The molecule has 110 heavy (non-hydrogen) atoms. The Kier molecular flexibility index (Phi) is 35.7. The van der Waals surface area contributed by atoms with E-state index in [2.05, 4.69) is 189 Å². The first-order valence-corrected chi connectivity index (χ1v) is 43.7. The Bertz CT molecular complexity index is 3390. The number of benzene rings is 2. The second kappa shape index (κ2) is 41.1. The van der Waals surface area contributed by atoms with Crippen molar-refractivity contribution in [2.24, 2.45) is 51.2 Å². The zero-order chi connectivity index (χ0) is 82.8. The summed E-state index contributed by atoms with van der Waals surface area (Å²) in [4.78, 5) is 69.0. The van der Waals surface area contributed by atoms with Crippen molar-refractivity contribution in [2.75, 3.05) is 26.4 Å². The smallest absolute Gasteiger partial charge is 0.344 e. The minimum Gasteiger partial charge on any atom is -0.466 e. The third kappa shape index (κ3) is 26.6. The number of hydrogen-bond donors (Lipinski definition) is 0. The van der Waals surface area contributed by atoms with Crippen molar-refractivity contribution in [2.45, 2.75) is 413 Å². The van der Waals surface area contributed by atoms with Crippen LogP contribution in [0.25, 0.3) is 0 Å². The highest BCUT2D eigenvalue weighted by atomic mass is 16.6. The molecular formula is C98H160O12. The standard InChI is InChI=1S/2C18H26O.C17H32O3.C16H28O2.C15H26O4.C14H22O/c1-11-9-19-10-13-7-15-16(8-14(11)13)18(5,6)12(2)17(15,3)4;1-11-8-16-15(9-14(11)13(3)19)17(4,5)10-12(2)18(16,6)7;1-7-15(18)19-12-17(5,6)20-13(2)14-9-8-10-16(3,4)11-14;17-16-14-12-10-8-6-4-2-1-3-5-7-9-11-13-15-18-16;1-5-13(16)18-10-14(17)19-11(2)12-7-6-8-15(3,4)9-12;1-9-13(2,3)10-7-6-8-11(15)12(10)14(9,4)5/h7-8,11-12H,9-10H2,1-6H3;8-9,12H,10H2,1-7H3;13-14H,7-12H2,1-6H3;1,3H,2,4-15H2;11-12H,5-10H2,1-4H3;9H,6-8H2,1-5H3/b;;;3-1+;;/t;;13-,14+;;11-,12+;/m..0.0./s1. The number of hydrogen-bond acceptors (Lipinski definition) is 12. The zero-order valence-electron chi connectivity index (χ0n) is 75.4. The number of fused-ring (bicyclic) bond motifs is 3. The van der Waals surface area contributed by atoms with Crippen molar-refractivity contribution in [1.29, 1.82) is 0 Å². The Morgan fingerprint density at radius 3 is 1.63 bits per heavy atom. The lowest BCUT2D eigenvalue weighted by atomic mass is 9.58. The fourth-order valence-electron chi connectivity index (χ4n) is 19.5. The van der Waals surface area contributed by atoms with Crippen LogP contribution >= 0.6 is 0 Å². The van der Waals surface area contributed by atoms with E-state index < -0.39 is 11.6 Å². The quantitative estimate of drug-likeness (QED) is 0.0858. The highest BCUT2D eigenvalue weighted by Gasteiger charge is 2.53. The van der Waals surface area contributed by atoms with Crippen LogP contribution in [0.5, 0.6) is 0 Å². The molecule has 12 heteroatoms. The SMILES string of the molecule is CC(=O)c1cc2c(cc1C)C(C)(C)C(C)CC2(C)C.CC1C(C)(C)C2=C(C(=O)CCC2)C1(C)C.CC1COCc2cc3c(cc21)C(C)(C)C(C)C3(C)C.CCC(=O)OCC(=O)O[C@@H](C)[C@@H]1CCCC(C)(C)C1.CCC(=O)OCC(C)(C)O[C@@H](C)[C@@H]1CCCC(C)(C)C1.O=C1CCCCCCC/C=C/CCCCCCO1. The molecule has 8 atom stereocenters. The van der Waals surface area contributed by atoms with Crippen LogP contribution < -0.4 is 0 Å². The molecule has 0 N–H and O–H groups in total. The maximum atomic E-state index is 12.1. The third-order valence-corrected chi connectivity index (χ3v) is 27.8. The van der Waals surface area contributed by atoms with Gasteiger partial charge in [0.15, 0.2) is 18.2 Å². The molecule has 2 fully saturated rings. The van der Waals surface area contributed by atoms with Gasteiger partial charge in [-0.1, -0.05) is 233 Å². The summed E-state index contributed by atoms with van der Waals surface area (Å²) in [5, 5.41) is 0. The molecule has 10 rings (SSSR count). The van der Waals surface area contributed by atoms with Gasteiger partial charge in [-0.3, -0.25) is 24.0 Å². The molecule has 2 aromatic rings. The zero-order valence-corrected chi connectivity index (χ0v) is 75.4. The average molecular weight is 1530 g/mol. The first-order valence-electron chi connectivity index (χ1n) is 43.7. The van der Waals surface area contributed by atoms with E-state index in [1.54, 1.807) is 25.0 Å². The second-order valence-electron chi connectivity index (χ2n) is 40.5. The number of carbonyl (C=O) groups excluding carboxylic acids is 6. The fraction of sp³-hybridized carbons (Fsp3) is 0.776. The van der Waals surface area contributed by atoms with Crippen LogP contribution in [-0.2, 0) is 80.7 Å². The van der Waals surface area contributed by atoms with E-state index in [4.69, 9.17) is 28.4 Å². The first-order chi connectivity index (χ1) is 51.0. The fourth-order valence-corrected chi connectivity index (χ4v) is 19.5. The van der Waals surface area contributed by atoms with Gasteiger partial charge in [0.1, 0.15) is 12.7 Å². The predicted molar refractivity (Wildman–Crippen MR) is 453 cm³/mol. The molecule has 2 saturated carbocycles. The number of aryl methyl sites for hydroxylation is 1. The highest BCUT2D eigenvalue weighted by Crippen LogP contribution is 2.60. The molecule has 6 aliphatic carbocycles. The molecule has 8 aliphatic rings. The van der Waals surface area contributed by atoms with Crippen LogP contribution in [-0.4, -0.2) is 79.7 Å². The van der Waals surface area contributed by atoms with E-state index in [0.29, 0.717) is 78.2 Å². The molecule has 0 saturated heterocycles. The van der Waals surface area contributed by atoms with Crippen LogP contribution in [0.15, 0.2) is 47.6 Å². The molecule has 12 nitrogen and oxygen atoms in total. The number of esters is 4. The summed E-state index contributed by atoms with van der Waals surface area (Å²) in [7, 11) is 0. The van der Waals surface area contributed by atoms with Gasteiger partial charge in [-0.2, -0.15) is 0 Å². The van der Waals surface area contributed by atoms with Gasteiger partial charge in [0.2, 0.25) is 0 Å². The number of ketones is 2. The molecule has 2 aliphatic heterocycles. The number of ether oxygens (including phenoxy) is 6. The maximum Gasteiger partial charge on any atom is 0.344 e. The summed E-state index contributed by atoms with van der Waals surface area (Å²) in [6.45, 7) is 64.2. The lowest BCUT2D eigenvalue weighted by Gasteiger charge is -2.47. The molecule has 0 bridgehead atoms. The molecular weight excluding hydrogens is 1370 g/mol. The maximum absolute atomic E-state index is 12.1. The van der Waals surface area contributed by atoms with Crippen molar-refractivity contribution in [3.63, 3.8) is 0 Å². The minimum atomic E-state index is -0.447. The highest BCUT2D eigenvalue weighted by molar-refractivity contribution is 5.99. The minimum absolute atomic E-state index is 0.000910. The molecule has 624 valence electrons. The molecule has 0 aromatic heterocycles. The van der Waals surface area contributed by atoms with E-state index in [-0.39, 0.29) is 81.4 Å². The van der Waals surface area contributed by atoms with E-state index in [1.807, 2.05) is 27.7 Å². The molecule has 4 unspecified atom stereocenters. The van der Waals surface area contributed by atoms with Crippen molar-refractivity contribution < 1.29 is 57.2 Å². The third-order valence-electron chi connectivity index (χ3n) is 27.8.